The minimum atomic E-state index is -0.536. The first-order valence-electron chi connectivity index (χ1n) is 4.99. The molecule has 0 saturated carbocycles. The molecule has 4 heteroatoms. The Morgan fingerprint density at radius 1 is 1.00 bits per heavy atom. The maximum absolute atomic E-state index is 11.3. The van der Waals surface area contributed by atoms with Crippen molar-refractivity contribution in [3.63, 3.8) is 0 Å². The minimum absolute atomic E-state index is 0.364. The fourth-order valence-corrected chi connectivity index (χ4v) is 1.86. The van der Waals surface area contributed by atoms with Gasteiger partial charge < -0.3 is 5.32 Å². The zero-order chi connectivity index (χ0) is 12.3. The highest BCUT2D eigenvalue weighted by molar-refractivity contribution is 6.68. The maximum Gasteiger partial charge on any atom is 0.254 e. The van der Waals surface area contributed by atoms with Crippen molar-refractivity contribution in [2.45, 2.75) is 0 Å². The standard InChI is InChI=1S/C13H9Cl2NO/c14-11-8-4-7-10(13(15)17)12(11)16-9-5-2-1-3-6-9/h1-8,16H. The van der Waals surface area contributed by atoms with E-state index < -0.39 is 5.24 Å². The van der Waals surface area contributed by atoms with E-state index in [1.54, 1.807) is 18.2 Å². The zero-order valence-corrected chi connectivity index (χ0v) is 10.3. The molecule has 0 saturated heterocycles. The van der Waals surface area contributed by atoms with Crippen LogP contribution in [0.4, 0.5) is 11.4 Å². The van der Waals surface area contributed by atoms with Crippen molar-refractivity contribution in [1.29, 1.82) is 0 Å². The van der Waals surface area contributed by atoms with Crippen LogP contribution in [0.15, 0.2) is 48.5 Å². The molecular formula is C13H9Cl2NO. The van der Waals surface area contributed by atoms with Gasteiger partial charge in [0.1, 0.15) is 0 Å². The molecule has 2 aromatic carbocycles. The predicted octanol–water partition coefficient (Wildman–Crippen LogP) is 4.46. The quantitative estimate of drug-likeness (QED) is 0.831. The molecule has 2 aromatic rings. The van der Waals surface area contributed by atoms with E-state index in [4.69, 9.17) is 23.2 Å². The largest absolute Gasteiger partial charge is 0.354 e. The van der Waals surface area contributed by atoms with Gasteiger partial charge in [-0.1, -0.05) is 35.9 Å². The van der Waals surface area contributed by atoms with Gasteiger partial charge >= 0.3 is 0 Å². The summed E-state index contributed by atoms with van der Waals surface area (Å²) in [5.41, 5.74) is 1.74. The van der Waals surface area contributed by atoms with E-state index >= 15 is 0 Å². The second kappa shape index (κ2) is 5.21. The van der Waals surface area contributed by atoms with Crippen LogP contribution in [0, 0.1) is 0 Å². The van der Waals surface area contributed by atoms with Crippen molar-refractivity contribution < 1.29 is 4.79 Å². The normalized spacial score (nSPS) is 10.0. The van der Waals surface area contributed by atoms with Crippen LogP contribution in [-0.4, -0.2) is 5.24 Å². The molecule has 0 unspecified atom stereocenters. The monoisotopic (exact) mass is 265 g/mol. The molecule has 0 aliphatic heterocycles. The third kappa shape index (κ3) is 2.78. The van der Waals surface area contributed by atoms with E-state index in [2.05, 4.69) is 5.32 Å². The highest BCUT2D eigenvalue weighted by Gasteiger charge is 2.12. The van der Waals surface area contributed by atoms with Crippen LogP contribution >= 0.6 is 23.2 Å². The lowest BCUT2D eigenvalue weighted by Crippen LogP contribution is -1.99. The zero-order valence-electron chi connectivity index (χ0n) is 8.78. The topological polar surface area (TPSA) is 29.1 Å². The van der Waals surface area contributed by atoms with E-state index in [0.29, 0.717) is 16.3 Å². The van der Waals surface area contributed by atoms with Crippen LogP contribution in [0.25, 0.3) is 0 Å². The molecule has 2 rings (SSSR count). The number of nitrogens with one attached hydrogen (secondary N) is 1. The number of rotatable bonds is 3. The van der Waals surface area contributed by atoms with Crippen molar-refractivity contribution in [1.82, 2.24) is 0 Å². The van der Waals surface area contributed by atoms with E-state index in [9.17, 15) is 4.79 Å². The van der Waals surface area contributed by atoms with Crippen molar-refractivity contribution >= 4 is 39.8 Å². The summed E-state index contributed by atoms with van der Waals surface area (Å²) in [6.45, 7) is 0. The van der Waals surface area contributed by atoms with Gasteiger partial charge in [0.15, 0.2) is 0 Å². The number of para-hydroxylation sites is 2. The van der Waals surface area contributed by atoms with Gasteiger partial charge in [0.2, 0.25) is 0 Å². The molecule has 86 valence electrons. The number of hydrogen-bond acceptors (Lipinski definition) is 2. The number of hydrogen-bond donors (Lipinski definition) is 1. The first-order chi connectivity index (χ1) is 8.18. The second-order valence-electron chi connectivity index (χ2n) is 3.43. The summed E-state index contributed by atoms with van der Waals surface area (Å²) in [6, 6.07) is 14.5. The highest BCUT2D eigenvalue weighted by atomic mass is 35.5. The molecule has 2 nitrogen and oxygen atoms in total. The van der Waals surface area contributed by atoms with Crippen molar-refractivity contribution in [3.8, 4) is 0 Å². The Labute approximate surface area is 109 Å². The Morgan fingerprint density at radius 2 is 1.71 bits per heavy atom. The number of halogens is 2. The molecule has 0 aliphatic rings. The summed E-state index contributed by atoms with van der Waals surface area (Å²) in [5.74, 6) is 0. The number of benzene rings is 2. The highest BCUT2D eigenvalue weighted by Crippen LogP contribution is 2.30. The Kier molecular flexibility index (Phi) is 3.67. The third-order valence-corrected chi connectivity index (χ3v) is 2.79. The molecule has 0 atom stereocenters. The maximum atomic E-state index is 11.3. The molecular weight excluding hydrogens is 257 g/mol. The molecule has 0 radical (unpaired) electrons. The van der Waals surface area contributed by atoms with Gasteiger partial charge in [-0.25, -0.2) is 0 Å². The first kappa shape index (κ1) is 12.0. The van der Waals surface area contributed by atoms with Crippen LogP contribution < -0.4 is 5.32 Å². The van der Waals surface area contributed by atoms with E-state index in [-0.39, 0.29) is 0 Å². The van der Waals surface area contributed by atoms with Crippen molar-refractivity contribution in [2.75, 3.05) is 5.32 Å². The second-order valence-corrected chi connectivity index (χ2v) is 4.18. The van der Waals surface area contributed by atoms with Crippen LogP contribution in [0.3, 0.4) is 0 Å². The molecule has 0 amide bonds. The molecule has 0 spiro atoms. The summed E-state index contributed by atoms with van der Waals surface area (Å²) in [7, 11) is 0. The molecule has 0 aliphatic carbocycles. The summed E-state index contributed by atoms with van der Waals surface area (Å²) in [4.78, 5) is 11.3. The van der Waals surface area contributed by atoms with E-state index in [1.165, 1.54) is 0 Å². The minimum Gasteiger partial charge on any atom is -0.354 e. The Hall–Kier alpha value is -1.51. The molecule has 0 aromatic heterocycles. The lowest BCUT2D eigenvalue weighted by atomic mass is 10.2. The number of carbonyl (C=O) groups is 1. The van der Waals surface area contributed by atoms with Crippen molar-refractivity contribution in [2.24, 2.45) is 0 Å². The lowest BCUT2D eigenvalue weighted by Gasteiger charge is -2.11. The van der Waals surface area contributed by atoms with E-state index in [1.807, 2.05) is 30.3 Å². The number of carbonyl (C=O) groups excluding carboxylic acids is 1. The summed E-state index contributed by atoms with van der Waals surface area (Å²) >= 11 is 11.6. The van der Waals surface area contributed by atoms with Crippen LogP contribution in [0.5, 0.6) is 0 Å². The first-order valence-corrected chi connectivity index (χ1v) is 5.74. The van der Waals surface area contributed by atoms with Gasteiger partial charge in [-0.2, -0.15) is 0 Å². The van der Waals surface area contributed by atoms with Crippen LogP contribution in [0.2, 0.25) is 5.02 Å². The summed E-state index contributed by atoms with van der Waals surface area (Å²) < 4.78 is 0. The Morgan fingerprint density at radius 3 is 2.35 bits per heavy atom. The van der Waals surface area contributed by atoms with Crippen molar-refractivity contribution in [3.05, 3.63) is 59.1 Å². The smallest absolute Gasteiger partial charge is 0.254 e. The van der Waals surface area contributed by atoms with Gasteiger partial charge in [-0.05, 0) is 35.9 Å². The van der Waals surface area contributed by atoms with Gasteiger partial charge in [0.25, 0.3) is 5.24 Å². The molecule has 0 fully saturated rings. The Bertz CT molecular complexity index is 540. The fraction of sp³-hybridized carbons (Fsp3) is 0. The molecule has 17 heavy (non-hydrogen) atoms. The SMILES string of the molecule is O=C(Cl)c1cccc(Cl)c1Nc1ccccc1. The number of anilines is 2. The van der Waals surface area contributed by atoms with Gasteiger partial charge in [0.05, 0.1) is 16.3 Å². The fourth-order valence-electron chi connectivity index (χ4n) is 1.48. The summed E-state index contributed by atoms with van der Waals surface area (Å²) in [6.07, 6.45) is 0. The molecule has 1 N–H and O–H groups in total. The predicted molar refractivity (Wildman–Crippen MR) is 71.4 cm³/mol. The molecule has 0 heterocycles. The average molecular weight is 266 g/mol. The Balaban J connectivity index is 2.41. The molecule has 0 bridgehead atoms. The van der Waals surface area contributed by atoms with Crippen LogP contribution in [-0.2, 0) is 0 Å². The lowest BCUT2D eigenvalue weighted by molar-refractivity contribution is 0.108. The average Bonchev–Trinajstić information content (AvgIpc) is 2.33. The summed E-state index contributed by atoms with van der Waals surface area (Å²) in [5, 5.41) is 3.01. The van der Waals surface area contributed by atoms with Gasteiger partial charge in [-0.3, -0.25) is 4.79 Å². The third-order valence-electron chi connectivity index (χ3n) is 2.27. The van der Waals surface area contributed by atoms with E-state index in [0.717, 1.165) is 5.69 Å². The van der Waals surface area contributed by atoms with Crippen LogP contribution in [0.1, 0.15) is 10.4 Å². The van der Waals surface area contributed by atoms with Gasteiger partial charge in [-0.15, -0.1) is 0 Å². The van der Waals surface area contributed by atoms with Gasteiger partial charge in [0, 0.05) is 5.69 Å².